The van der Waals surface area contributed by atoms with Crippen molar-refractivity contribution in [2.45, 2.75) is 26.9 Å². The first kappa shape index (κ1) is 9.37. The van der Waals surface area contributed by atoms with E-state index in [0.29, 0.717) is 5.57 Å². The highest BCUT2D eigenvalue weighted by atomic mass is 16.3. The average molecular weight is 142 g/mol. The third kappa shape index (κ3) is 2.31. The Morgan fingerprint density at radius 1 is 1.50 bits per heavy atom. The van der Waals surface area contributed by atoms with Gasteiger partial charge in [-0.1, -0.05) is 19.1 Å². The summed E-state index contributed by atoms with van der Waals surface area (Å²) < 4.78 is 0. The fourth-order valence-electron chi connectivity index (χ4n) is 0.649. The molecule has 0 saturated carbocycles. The molecule has 2 heteroatoms. The summed E-state index contributed by atoms with van der Waals surface area (Å²) in [6, 6.07) is 0. The lowest BCUT2D eigenvalue weighted by molar-refractivity contribution is -0.122. The molecule has 0 aliphatic carbocycles. The Labute approximate surface area is 61.6 Å². The summed E-state index contributed by atoms with van der Waals surface area (Å²) in [5.74, 6) is -0.326. The third-order valence-electron chi connectivity index (χ3n) is 1.62. The number of carbonyl (C=O) groups excluding carboxylic acids is 1. The second kappa shape index (κ2) is 3.52. The maximum atomic E-state index is 10.7. The van der Waals surface area contributed by atoms with Gasteiger partial charge in [-0.25, -0.2) is 0 Å². The zero-order valence-electron chi connectivity index (χ0n) is 6.72. The number of aliphatic hydroxyl groups excluding tert-OH is 1. The van der Waals surface area contributed by atoms with Gasteiger partial charge in [0.1, 0.15) is 5.78 Å². The summed E-state index contributed by atoms with van der Waals surface area (Å²) in [5, 5.41) is 9.25. The van der Waals surface area contributed by atoms with Crippen LogP contribution in [0.5, 0.6) is 0 Å². The Balaban J connectivity index is 4.07. The molecule has 0 aliphatic heterocycles. The minimum Gasteiger partial charge on any atom is -0.388 e. The van der Waals surface area contributed by atoms with Crippen LogP contribution in [-0.4, -0.2) is 17.0 Å². The van der Waals surface area contributed by atoms with Crippen molar-refractivity contribution in [3.63, 3.8) is 0 Å². The minimum absolute atomic E-state index is 0.00417. The molecule has 10 heavy (non-hydrogen) atoms. The summed E-state index contributed by atoms with van der Waals surface area (Å²) in [6.45, 7) is 8.43. The Kier molecular flexibility index (Phi) is 3.30. The van der Waals surface area contributed by atoms with Gasteiger partial charge in [-0.3, -0.25) is 4.79 Å². The predicted molar refractivity (Wildman–Crippen MR) is 40.7 cm³/mol. The van der Waals surface area contributed by atoms with Gasteiger partial charge >= 0.3 is 0 Å². The van der Waals surface area contributed by atoms with Crippen molar-refractivity contribution in [1.29, 1.82) is 0 Å². The number of hydrogen-bond acceptors (Lipinski definition) is 2. The van der Waals surface area contributed by atoms with Crippen LogP contribution in [0.4, 0.5) is 0 Å². The monoisotopic (exact) mass is 142 g/mol. The van der Waals surface area contributed by atoms with Crippen molar-refractivity contribution in [2.24, 2.45) is 5.92 Å². The van der Waals surface area contributed by atoms with E-state index in [1.807, 2.05) is 0 Å². The van der Waals surface area contributed by atoms with Crippen molar-refractivity contribution >= 4 is 5.78 Å². The molecule has 0 radical (unpaired) electrons. The second-order valence-electron chi connectivity index (χ2n) is 2.69. The van der Waals surface area contributed by atoms with Crippen LogP contribution < -0.4 is 0 Å². The standard InChI is InChI=1S/C8H14O2/c1-5(2)8(10)6(3)7(4)9/h6,8,10H,1H2,2-4H3/t6-,8-/m1/s1. The zero-order valence-corrected chi connectivity index (χ0v) is 6.72. The van der Waals surface area contributed by atoms with Crippen LogP contribution in [0, 0.1) is 5.92 Å². The van der Waals surface area contributed by atoms with Crippen LogP contribution >= 0.6 is 0 Å². The molecule has 0 spiro atoms. The highest BCUT2D eigenvalue weighted by Gasteiger charge is 2.18. The summed E-state index contributed by atoms with van der Waals surface area (Å²) in [6.07, 6.45) is -0.683. The lowest BCUT2D eigenvalue weighted by atomic mass is 9.96. The summed E-state index contributed by atoms with van der Waals surface area (Å²) >= 11 is 0. The first-order valence-electron chi connectivity index (χ1n) is 3.30. The molecule has 0 rings (SSSR count). The molecular formula is C8H14O2. The smallest absolute Gasteiger partial charge is 0.135 e. The quantitative estimate of drug-likeness (QED) is 0.600. The van der Waals surface area contributed by atoms with E-state index < -0.39 is 6.10 Å². The minimum atomic E-state index is -0.683. The van der Waals surface area contributed by atoms with Crippen LogP contribution in [0.2, 0.25) is 0 Å². The largest absolute Gasteiger partial charge is 0.388 e. The Hall–Kier alpha value is -0.630. The summed E-state index contributed by atoms with van der Waals surface area (Å²) in [4.78, 5) is 10.7. The Bertz CT molecular complexity index is 131. The lowest BCUT2D eigenvalue weighted by Crippen LogP contribution is -2.24. The molecule has 2 atom stereocenters. The van der Waals surface area contributed by atoms with Gasteiger partial charge in [0.25, 0.3) is 0 Å². The number of carbonyl (C=O) groups is 1. The van der Waals surface area contributed by atoms with Gasteiger partial charge in [0.05, 0.1) is 6.10 Å². The molecule has 0 heterocycles. The van der Waals surface area contributed by atoms with Gasteiger partial charge < -0.3 is 5.11 Å². The van der Waals surface area contributed by atoms with Crippen molar-refractivity contribution in [2.75, 3.05) is 0 Å². The van der Waals surface area contributed by atoms with Gasteiger partial charge in [-0.05, 0) is 13.8 Å². The first-order valence-corrected chi connectivity index (χ1v) is 3.30. The number of ketones is 1. The highest BCUT2D eigenvalue weighted by Crippen LogP contribution is 2.10. The van der Waals surface area contributed by atoms with Crippen molar-refractivity contribution in [3.8, 4) is 0 Å². The topological polar surface area (TPSA) is 37.3 Å². The molecule has 2 nitrogen and oxygen atoms in total. The maximum absolute atomic E-state index is 10.7. The molecule has 0 aromatic carbocycles. The van der Waals surface area contributed by atoms with Gasteiger partial charge in [0.2, 0.25) is 0 Å². The number of aliphatic hydroxyl groups is 1. The molecule has 58 valence electrons. The van der Waals surface area contributed by atoms with Crippen molar-refractivity contribution in [1.82, 2.24) is 0 Å². The van der Waals surface area contributed by atoms with Crippen LogP contribution in [0.25, 0.3) is 0 Å². The van der Waals surface area contributed by atoms with Crippen molar-refractivity contribution in [3.05, 3.63) is 12.2 Å². The number of hydrogen-bond donors (Lipinski definition) is 1. The lowest BCUT2D eigenvalue weighted by Gasteiger charge is -2.15. The van der Waals surface area contributed by atoms with E-state index in [2.05, 4.69) is 6.58 Å². The first-order chi connectivity index (χ1) is 4.46. The zero-order chi connectivity index (χ0) is 8.31. The normalized spacial score (nSPS) is 16.0. The van der Waals surface area contributed by atoms with E-state index in [1.54, 1.807) is 13.8 Å². The molecule has 0 unspecified atom stereocenters. The number of Topliss-reactive ketones (excluding diaryl/α,β-unsaturated/α-hetero) is 1. The van der Waals surface area contributed by atoms with Crippen LogP contribution in [0.1, 0.15) is 20.8 Å². The van der Waals surface area contributed by atoms with E-state index in [9.17, 15) is 9.90 Å². The van der Waals surface area contributed by atoms with E-state index in [0.717, 1.165) is 0 Å². The maximum Gasteiger partial charge on any atom is 0.135 e. The molecule has 0 saturated heterocycles. The molecule has 0 aliphatic rings. The Morgan fingerprint density at radius 2 is 1.90 bits per heavy atom. The van der Waals surface area contributed by atoms with E-state index in [4.69, 9.17) is 0 Å². The van der Waals surface area contributed by atoms with Gasteiger partial charge in [-0.15, -0.1) is 0 Å². The fraction of sp³-hybridized carbons (Fsp3) is 0.625. The molecule has 0 bridgehead atoms. The van der Waals surface area contributed by atoms with Crippen LogP contribution in [0.3, 0.4) is 0 Å². The molecule has 0 amide bonds. The Morgan fingerprint density at radius 3 is 2.00 bits per heavy atom. The van der Waals surface area contributed by atoms with Gasteiger partial charge in [-0.2, -0.15) is 0 Å². The van der Waals surface area contributed by atoms with E-state index >= 15 is 0 Å². The van der Waals surface area contributed by atoms with E-state index in [1.165, 1.54) is 6.92 Å². The van der Waals surface area contributed by atoms with Crippen LogP contribution in [-0.2, 0) is 4.79 Å². The third-order valence-corrected chi connectivity index (χ3v) is 1.62. The van der Waals surface area contributed by atoms with Crippen molar-refractivity contribution < 1.29 is 9.90 Å². The van der Waals surface area contributed by atoms with E-state index in [-0.39, 0.29) is 11.7 Å². The number of rotatable bonds is 3. The molecular weight excluding hydrogens is 128 g/mol. The van der Waals surface area contributed by atoms with Gasteiger partial charge in [0, 0.05) is 5.92 Å². The summed E-state index contributed by atoms with van der Waals surface area (Å²) in [5.41, 5.74) is 0.641. The average Bonchev–Trinajstić information content (AvgIpc) is 1.84. The second-order valence-corrected chi connectivity index (χ2v) is 2.69. The molecule has 0 aromatic rings. The SMILES string of the molecule is C=C(C)[C@@H](O)[C@H](C)C(C)=O. The highest BCUT2D eigenvalue weighted by molar-refractivity contribution is 5.78. The fourth-order valence-corrected chi connectivity index (χ4v) is 0.649. The molecule has 1 N–H and O–H groups in total. The van der Waals surface area contributed by atoms with Crippen LogP contribution in [0.15, 0.2) is 12.2 Å². The van der Waals surface area contributed by atoms with Gasteiger partial charge in [0.15, 0.2) is 0 Å². The predicted octanol–water partition coefficient (Wildman–Crippen LogP) is 1.15. The molecule has 0 aromatic heterocycles. The molecule has 0 fully saturated rings. The summed E-state index contributed by atoms with van der Waals surface area (Å²) in [7, 11) is 0.